The van der Waals surface area contributed by atoms with Gasteiger partial charge < -0.3 is 110 Å². The summed E-state index contributed by atoms with van der Waals surface area (Å²) < 4.78 is 54.4. The molecule has 1 aromatic heterocycles. The van der Waals surface area contributed by atoms with Gasteiger partial charge in [0.1, 0.15) is 77.3 Å². The fourth-order valence-electron chi connectivity index (χ4n) is 16.7. The molecule has 4 aliphatic rings. The van der Waals surface area contributed by atoms with Gasteiger partial charge in [0, 0.05) is 99.4 Å². The van der Waals surface area contributed by atoms with Crippen LogP contribution in [-0.2, 0) is 83.7 Å². The Balaban J connectivity index is 0.000000321. The van der Waals surface area contributed by atoms with E-state index in [9.17, 15) is 94.3 Å². The quantitative estimate of drug-likeness (QED) is 0.0199. The maximum Gasteiger partial charge on any atom is 0.272 e. The molecule has 6 aromatic rings. The number of nitrogens with one attached hydrogen (secondary N) is 17. The first-order chi connectivity index (χ1) is 67.5. The fraction of sp³-hybridized carbons (Fsp3) is 0.515. The first kappa shape index (κ1) is 114. The highest BCUT2D eigenvalue weighted by Crippen LogP contribution is 2.34. The number of carbonyl (C=O) groups excluding carboxylic acids is 16. The molecular formula is C101H139F4N23O16. The number of rotatable bonds is 36. The van der Waals surface area contributed by atoms with Crippen molar-refractivity contribution >= 4 is 100 Å². The Labute approximate surface area is 835 Å². The lowest BCUT2D eigenvalue weighted by atomic mass is 9.85. The zero-order valence-electron chi connectivity index (χ0n) is 85.1. The SMILES string of the molecule is CN[C@@H](C)C(=O)N[C@H](C(=O)N1C[C@@H](NC(=O)c2cc(C(=O)N[C@H]3C[C@@H](C(=O)NCc4ccc(F)cc4)N(C(=O)[C@@H](NC(=O)[C@H](C)NC)C(C)(C)C)C3)[nH]n2)C[C@H]1C(=O)NCc1ccc(F)cc1)C(C)(C)C.CN[C@@H](C)C(=O)N[C@H](C(=O)N1C[C@@H](NC(=O)c2cc(N)cc(C(=O)N[C@H]3C[C@@H](C(=O)NCc4ccc(F)cc4)N(C(=O)[C@@H](NC(=O)[C@H](C)NC)C(C)(C)C)C3)c2)C[C@H]1C(=O)NCc1ccc(F)cc1)C(C)(C)C. The molecule has 10 rings (SSSR count). The van der Waals surface area contributed by atoms with E-state index in [0.717, 1.165) is 0 Å². The number of H-pyrrole nitrogens is 1. The van der Waals surface area contributed by atoms with E-state index in [1.165, 1.54) is 141 Å². The van der Waals surface area contributed by atoms with Crippen LogP contribution in [0, 0.1) is 44.9 Å². The lowest BCUT2D eigenvalue weighted by molar-refractivity contribution is -0.144. The van der Waals surface area contributed by atoms with Crippen molar-refractivity contribution in [2.75, 3.05) is 60.1 Å². The van der Waals surface area contributed by atoms with Gasteiger partial charge in [-0.2, -0.15) is 5.10 Å². The number of aromatic nitrogens is 2. The summed E-state index contributed by atoms with van der Waals surface area (Å²) in [6.45, 7) is 27.5. The minimum Gasteiger partial charge on any atom is -0.399 e. The van der Waals surface area contributed by atoms with Crippen molar-refractivity contribution in [3.8, 4) is 0 Å². The zero-order chi connectivity index (χ0) is 107. The van der Waals surface area contributed by atoms with E-state index in [0.29, 0.717) is 22.3 Å². The molecule has 39 nitrogen and oxygen atoms in total. The first-order valence-corrected chi connectivity index (χ1v) is 47.9. The van der Waals surface area contributed by atoms with Crippen molar-refractivity contribution < 1.29 is 94.3 Å². The Hall–Kier alpha value is -13.8. The molecule has 4 saturated heterocycles. The van der Waals surface area contributed by atoms with Gasteiger partial charge >= 0.3 is 0 Å². The normalized spacial score (nSPS) is 19.6. The van der Waals surface area contributed by atoms with Crippen LogP contribution in [0.3, 0.4) is 0 Å². The average molecular weight is 2010 g/mol. The highest BCUT2D eigenvalue weighted by molar-refractivity contribution is 6.03. The molecule has 4 aliphatic heterocycles. The molecule has 0 spiro atoms. The number of nitrogens with zero attached hydrogens (tertiary/aromatic N) is 5. The number of hydrogen-bond donors (Lipinski definition) is 18. The number of likely N-dealkylation sites (tertiary alicyclic amines) is 4. The van der Waals surface area contributed by atoms with Gasteiger partial charge in [0.15, 0.2) is 5.69 Å². The molecule has 0 unspecified atom stereocenters. The summed E-state index contributed by atoms with van der Waals surface area (Å²) in [5.41, 5.74) is 5.19. The average Bonchev–Trinajstić information content (AvgIpc) is 1.66. The predicted octanol–water partition coefficient (Wildman–Crippen LogP) is 2.85. The highest BCUT2D eigenvalue weighted by Gasteiger charge is 2.52. The van der Waals surface area contributed by atoms with E-state index in [1.54, 1.807) is 139 Å². The maximum atomic E-state index is 14.5. The summed E-state index contributed by atoms with van der Waals surface area (Å²) in [7, 11) is 6.42. The van der Waals surface area contributed by atoms with Crippen LogP contribution in [0.15, 0.2) is 121 Å². The number of aromatic amines is 1. The van der Waals surface area contributed by atoms with E-state index in [-0.39, 0.29) is 106 Å². The molecule has 0 radical (unpaired) electrons. The lowest BCUT2D eigenvalue weighted by Crippen LogP contribution is -2.59. The number of likely N-dealkylation sites (N-methyl/N-ethyl adjacent to an activating group) is 4. The van der Waals surface area contributed by atoms with Crippen LogP contribution in [0.4, 0.5) is 23.2 Å². The highest BCUT2D eigenvalue weighted by atomic mass is 19.1. The molecule has 0 aliphatic carbocycles. The van der Waals surface area contributed by atoms with E-state index < -0.39 is 236 Å². The number of amides is 16. The van der Waals surface area contributed by atoms with Crippen LogP contribution in [-0.4, -0.2) is 275 Å². The molecule has 4 fully saturated rings. The van der Waals surface area contributed by atoms with Crippen molar-refractivity contribution in [3.63, 3.8) is 0 Å². The van der Waals surface area contributed by atoms with Crippen molar-refractivity contribution in [2.45, 2.75) is 259 Å². The minimum atomic E-state index is -1.09. The number of nitrogen functional groups attached to an aromatic ring is 1. The Morgan fingerprint density at radius 2 is 0.562 bits per heavy atom. The zero-order valence-corrected chi connectivity index (χ0v) is 85.1. The number of nitrogens with two attached hydrogens (primary N) is 1. The van der Waals surface area contributed by atoms with Crippen LogP contribution in [0.5, 0.6) is 0 Å². The van der Waals surface area contributed by atoms with Crippen molar-refractivity contribution in [1.29, 1.82) is 0 Å². The molecule has 0 bridgehead atoms. The molecule has 144 heavy (non-hydrogen) atoms. The topological polar surface area (TPSA) is 533 Å². The van der Waals surface area contributed by atoms with Crippen molar-refractivity contribution in [1.82, 2.24) is 115 Å². The number of halogens is 4. The van der Waals surface area contributed by atoms with Crippen molar-refractivity contribution in [2.24, 2.45) is 21.7 Å². The summed E-state index contributed by atoms with van der Waals surface area (Å²) in [6, 6.07) is 13.1. The maximum absolute atomic E-state index is 14.5. The van der Waals surface area contributed by atoms with E-state index in [4.69, 9.17) is 5.73 Å². The van der Waals surface area contributed by atoms with Crippen molar-refractivity contribution in [3.05, 3.63) is 189 Å². The number of benzene rings is 5. The van der Waals surface area contributed by atoms with Gasteiger partial charge in [-0.1, -0.05) is 132 Å². The van der Waals surface area contributed by atoms with E-state index >= 15 is 0 Å². The van der Waals surface area contributed by atoms with Gasteiger partial charge in [-0.15, -0.1) is 0 Å². The second kappa shape index (κ2) is 49.5. The fourth-order valence-corrected chi connectivity index (χ4v) is 16.7. The molecular weight excluding hydrogens is 1870 g/mol. The third kappa shape index (κ3) is 30.9. The van der Waals surface area contributed by atoms with Gasteiger partial charge in [0.05, 0.1) is 24.2 Å². The second-order valence-corrected chi connectivity index (χ2v) is 41.3. The van der Waals surface area contributed by atoms with Crippen LogP contribution in [0.2, 0.25) is 0 Å². The molecule has 16 atom stereocenters. The van der Waals surface area contributed by atoms with Gasteiger partial charge in [-0.25, -0.2) is 17.6 Å². The molecule has 43 heteroatoms. The molecule has 16 amide bonds. The number of anilines is 1. The molecule has 5 aromatic carbocycles. The third-order valence-electron chi connectivity index (χ3n) is 25.8. The molecule has 0 saturated carbocycles. The van der Waals surface area contributed by atoms with E-state index in [1.807, 2.05) is 0 Å². The lowest BCUT2D eigenvalue weighted by Gasteiger charge is -2.36. The Kier molecular flexibility index (Phi) is 39.1. The molecule has 19 N–H and O–H groups in total. The predicted molar refractivity (Wildman–Crippen MR) is 528 cm³/mol. The summed E-state index contributed by atoms with van der Waals surface area (Å²) in [4.78, 5) is 226. The second-order valence-electron chi connectivity index (χ2n) is 41.3. The third-order valence-corrected chi connectivity index (χ3v) is 25.8. The first-order valence-electron chi connectivity index (χ1n) is 47.9. The minimum absolute atomic E-state index is 0.0181. The standard InChI is InChI=1S/C52H71F2N11O8.C49H68F2N12O8/c1-28(56-9)43(66)62-41(51(3,4)5)49(72)64-26-37(22-39(64)47(70)58-24-30-11-15-34(53)16-12-30)60-45(68)32-19-33(21-36(55)20-32)46(69)61-38-23-40(48(71)59-25-31-13-17-35(54)18-14-31)65(27-38)50(73)42(52(6,7)8)63-44(67)29(2)57-10;1-26(52-9)40(64)58-38(48(3,4)5)46(70)62-24-32(19-36(62)44(68)54-22-28-11-15-30(50)16-12-28)56-42(66)34-21-35(61-60-34)43(67)57-33-20-37(45(69)55-23-29-13-17-31(51)18-14-29)63(25-33)47(71)39(49(6,7)8)59-41(65)27(2)53-10/h11-21,28-29,37-42,56-57H,22-27,55H2,1-10H3,(H,58,70)(H,59,71)(H,60,68)(H,61,69)(H,62,66)(H,63,67);11-18,21,26-27,32-33,36-39,52-53H,19-20,22-25H2,1-10H3,(H,54,68)(H,55,69)(H,56,66)(H,57,67)(H,58,64)(H,59,65)(H,60,61)/t28-,29-,37-,38-,39-,40-,41+,42+;26-,27-,32-,33-,36-,37-,38+,39+/m00/s1. The summed E-state index contributed by atoms with van der Waals surface area (Å²) >= 11 is 0. The molecule has 782 valence electrons. The Morgan fingerprint density at radius 3 is 0.785 bits per heavy atom. The number of carbonyl (C=O) groups is 16. The van der Waals surface area contributed by atoms with Crippen LogP contribution < -0.4 is 90.8 Å². The smallest absolute Gasteiger partial charge is 0.272 e. The largest absolute Gasteiger partial charge is 0.399 e. The van der Waals surface area contributed by atoms with Gasteiger partial charge in [-0.05, 0) is 192 Å². The van der Waals surface area contributed by atoms with Gasteiger partial charge in [0.2, 0.25) is 70.9 Å². The summed E-state index contributed by atoms with van der Waals surface area (Å²) in [5, 5.41) is 51.9. The Bertz CT molecular complexity index is 5280. The summed E-state index contributed by atoms with van der Waals surface area (Å²) in [6.07, 6.45) is -0.0876. The molecule has 5 heterocycles. The van der Waals surface area contributed by atoms with Gasteiger partial charge in [-0.3, -0.25) is 81.8 Å². The van der Waals surface area contributed by atoms with Crippen LogP contribution in [0.25, 0.3) is 0 Å². The monoisotopic (exact) mass is 2010 g/mol. The van der Waals surface area contributed by atoms with Crippen LogP contribution in [0.1, 0.15) is 200 Å². The number of hydrogen-bond acceptors (Lipinski definition) is 22. The summed E-state index contributed by atoms with van der Waals surface area (Å²) in [5.74, 6) is -10.7. The Morgan fingerprint density at radius 1 is 0.340 bits per heavy atom. The van der Waals surface area contributed by atoms with Crippen LogP contribution >= 0.6 is 0 Å². The van der Waals surface area contributed by atoms with E-state index in [2.05, 4.69) is 95.3 Å². The van der Waals surface area contributed by atoms with Gasteiger partial charge in [0.25, 0.3) is 23.6 Å².